The van der Waals surface area contributed by atoms with Crippen molar-refractivity contribution < 1.29 is 9.53 Å². The van der Waals surface area contributed by atoms with Crippen LogP contribution >= 0.6 is 0 Å². The molecular formula is C22H25N3O2. The number of benzene rings is 2. The Labute approximate surface area is 159 Å². The quantitative estimate of drug-likeness (QED) is 0.731. The first kappa shape index (κ1) is 17.8. The van der Waals surface area contributed by atoms with Crippen LogP contribution in [0.1, 0.15) is 27.7 Å². The van der Waals surface area contributed by atoms with Crippen molar-refractivity contribution >= 4 is 16.8 Å². The predicted octanol–water partition coefficient (Wildman–Crippen LogP) is 3.28. The zero-order valence-corrected chi connectivity index (χ0v) is 15.6. The van der Waals surface area contributed by atoms with E-state index in [2.05, 4.69) is 39.5 Å². The molecule has 1 aliphatic heterocycles. The average molecular weight is 363 g/mol. The zero-order valence-electron chi connectivity index (χ0n) is 15.6. The first-order valence-electron chi connectivity index (χ1n) is 9.45. The molecular weight excluding hydrogens is 338 g/mol. The van der Waals surface area contributed by atoms with Crippen molar-refractivity contribution in [2.45, 2.75) is 13.0 Å². The molecule has 1 fully saturated rings. The lowest BCUT2D eigenvalue weighted by Crippen LogP contribution is -2.43. The molecule has 2 N–H and O–H groups in total. The van der Waals surface area contributed by atoms with Gasteiger partial charge in [0.05, 0.1) is 19.3 Å². The number of rotatable bonds is 5. The molecule has 2 heterocycles. The Morgan fingerprint density at radius 1 is 1.15 bits per heavy atom. The van der Waals surface area contributed by atoms with Gasteiger partial charge >= 0.3 is 0 Å². The number of aromatic nitrogens is 1. The van der Waals surface area contributed by atoms with Gasteiger partial charge in [-0.2, -0.15) is 0 Å². The van der Waals surface area contributed by atoms with Gasteiger partial charge in [0.25, 0.3) is 5.91 Å². The van der Waals surface area contributed by atoms with Gasteiger partial charge in [-0.1, -0.05) is 42.5 Å². The minimum absolute atomic E-state index is 0.0713. The molecule has 0 aliphatic carbocycles. The van der Waals surface area contributed by atoms with Crippen molar-refractivity contribution in [3.63, 3.8) is 0 Å². The smallest absolute Gasteiger partial charge is 0.267 e. The molecule has 5 nitrogen and oxygen atoms in total. The molecule has 0 saturated carbocycles. The van der Waals surface area contributed by atoms with Crippen molar-refractivity contribution in [3.05, 3.63) is 71.4 Å². The summed E-state index contributed by atoms with van der Waals surface area (Å²) in [7, 11) is 0. The largest absolute Gasteiger partial charge is 0.379 e. The van der Waals surface area contributed by atoms with Crippen LogP contribution in [-0.2, 0) is 4.74 Å². The molecule has 0 radical (unpaired) electrons. The number of carbonyl (C=O) groups is 1. The Morgan fingerprint density at radius 2 is 1.93 bits per heavy atom. The number of hydrogen-bond acceptors (Lipinski definition) is 3. The molecule has 27 heavy (non-hydrogen) atoms. The Hall–Kier alpha value is -2.63. The van der Waals surface area contributed by atoms with E-state index >= 15 is 0 Å². The number of nitrogens with zero attached hydrogens (tertiary/aromatic N) is 1. The number of aryl methyl sites for hydroxylation is 1. The number of nitrogens with one attached hydrogen (secondary N) is 2. The van der Waals surface area contributed by atoms with E-state index in [0.717, 1.165) is 37.2 Å². The molecule has 3 aromatic rings. The highest BCUT2D eigenvalue weighted by Gasteiger charge is 2.23. The van der Waals surface area contributed by atoms with Crippen molar-refractivity contribution in [1.82, 2.24) is 15.2 Å². The van der Waals surface area contributed by atoms with Gasteiger partial charge in [-0.05, 0) is 30.2 Å². The summed E-state index contributed by atoms with van der Waals surface area (Å²) in [5, 5.41) is 4.17. The van der Waals surface area contributed by atoms with Crippen molar-refractivity contribution in [1.29, 1.82) is 0 Å². The molecule has 1 amide bonds. The lowest BCUT2D eigenvalue weighted by molar-refractivity contribution is 0.0162. The van der Waals surface area contributed by atoms with Crippen LogP contribution in [0.4, 0.5) is 0 Å². The highest BCUT2D eigenvalue weighted by Crippen LogP contribution is 2.22. The molecule has 5 heteroatoms. The summed E-state index contributed by atoms with van der Waals surface area (Å²) in [4.78, 5) is 18.3. The van der Waals surface area contributed by atoms with Gasteiger partial charge in [0.15, 0.2) is 0 Å². The van der Waals surface area contributed by atoms with Gasteiger partial charge in [-0.25, -0.2) is 0 Å². The normalized spacial score (nSPS) is 16.3. The van der Waals surface area contributed by atoms with Crippen LogP contribution < -0.4 is 5.32 Å². The highest BCUT2D eigenvalue weighted by molar-refractivity contribution is 5.98. The van der Waals surface area contributed by atoms with E-state index in [4.69, 9.17) is 4.74 Å². The van der Waals surface area contributed by atoms with Crippen LogP contribution in [0.15, 0.2) is 54.6 Å². The second-order valence-electron chi connectivity index (χ2n) is 7.06. The Morgan fingerprint density at radius 3 is 2.70 bits per heavy atom. The molecule has 2 aromatic carbocycles. The van der Waals surface area contributed by atoms with Gasteiger partial charge in [0, 0.05) is 30.5 Å². The summed E-state index contributed by atoms with van der Waals surface area (Å²) in [6.45, 7) is 5.84. The molecule has 1 unspecified atom stereocenters. The number of morpholine rings is 1. The summed E-state index contributed by atoms with van der Waals surface area (Å²) in [5.41, 5.74) is 3.98. The van der Waals surface area contributed by atoms with Crippen molar-refractivity contribution in [2.24, 2.45) is 0 Å². The molecule has 0 spiro atoms. The number of H-pyrrole nitrogens is 1. The lowest BCUT2D eigenvalue weighted by Gasteiger charge is -2.34. The van der Waals surface area contributed by atoms with E-state index in [1.807, 2.05) is 37.3 Å². The number of hydrogen-bond donors (Lipinski definition) is 2. The SMILES string of the molecule is Cc1ccc2cc(C(=O)NCC(c3ccccc3)N3CCOCC3)[nH]c2c1. The van der Waals surface area contributed by atoms with E-state index in [1.165, 1.54) is 11.1 Å². The summed E-state index contributed by atoms with van der Waals surface area (Å²) in [6.07, 6.45) is 0. The van der Waals surface area contributed by atoms with Crippen LogP contribution in [0.2, 0.25) is 0 Å². The monoisotopic (exact) mass is 363 g/mol. The van der Waals surface area contributed by atoms with E-state index < -0.39 is 0 Å². The molecule has 1 aromatic heterocycles. The highest BCUT2D eigenvalue weighted by atomic mass is 16.5. The fourth-order valence-electron chi connectivity index (χ4n) is 3.67. The predicted molar refractivity (Wildman–Crippen MR) is 107 cm³/mol. The van der Waals surface area contributed by atoms with Crippen LogP contribution in [0.3, 0.4) is 0 Å². The maximum absolute atomic E-state index is 12.7. The molecule has 0 bridgehead atoms. The third-order valence-electron chi connectivity index (χ3n) is 5.15. The topological polar surface area (TPSA) is 57.4 Å². The third kappa shape index (κ3) is 4.04. The van der Waals surface area contributed by atoms with Crippen LogP contribution in [-0.4, -0.2) is 48.6 Å². The van der Waals surface area contributed by atoms with Crippen LogP contribution in [0.5, 0.6) is 0 Å². The van der Waals surface area contributed by atoms with Crippen molar-refractivity contribution in [3.8, 4) is 0 Å². The van der Waals surface area contributed by atoms with Crippen LogP contribution in [0.25, 0.3) is 10.9 Å². The number of amides is 1. The Kier molecular flexibility index (Phi) is 5.23. The number of fused-ring (bicyclic) bond motifs is 1. The average Bonchev–Trinajstić information content (AvgIpc) is 3.13. The number of ether oxygens (including phenoxy) is 1. The molecule has 140 valence electrons. The van der Waals surface area contributed by atoms with Gasteiger partial charge < -0.3 is 15.0 Å². The molecule has 1 atom stereocenters. The molecule has 1 aliphatic rings. The number of aromatic amines is 1. The third-order valence-corrected chi connectivity index (χ3v) is 5.15. The summed E-state index contributed by atoms with van der Waals surface area (Å²) < 4.78 is 5.49. The second-order valence-corrected chi connectivity index (χ2v) is 7.06. The maximum Gasteiger partial charge on any atom is 0.267 e. The van der Waals surface area contributed by atoms with Gasteiger partial charge in [0.2, 0.25) is 0 Å². The van der Waals surface area contributed by atoms with E-state index in [-0.39, 0.29) is 11.9 Å². The minimum Gasteiger partial charge on any atom is -0.379 e. The molecule has 1 saturated heterocycles. The van der Waals surface area contributed by atoms with E-state index in [9.17, 15) is 4.79 Å². The Bertz CT molecular complexity index is 914. The fraction of sp³-hybridized carbons (Fsp3) is 0.318. The van der Waals surface area contributed by atoms with Crippen molar-refractivity contribution in [2.75, 3.05) is 32.8 Å². The lowest BCUT2D eigenvalue weighted by atomic mass is 10.0. The van der Waals surface area contributed by atoms with E-state index in [1.54, 1.807) is 0 Å². The first-order valence-corrected chi connectivity index (χ1v) is 9.45. The zero-order chi connectivity index (χ0) is 18.6. The summed E-state index contributed by atoms with van der Waals surface area (Å²) in [6, 6.07) is 18.6. The summed E-state index contributed by atoms with van der Waals surface area (Å²) >= 11 is 0. The van der Waals surface area contributed by atoms with Gasteiger partial charge in [-0.15, -0.1) is 0 Å². The minimum atomic E-state index is -0.0713. The standard InChI is InChI=1S/C22H25N3O2/c1-16-7-8-18-14-20(24-19(18)13-16)22(26)23-15-21(17-5-3-2-4-6-17)25-9-11-27-12-10-25/h2-8,13-14,21,24H,9-12,15H2,1H3,(H,23,26). The van der Waals surface area contributed by atoms with Gasteiger partial charge in [-0.3, -0.25) is 9.69 Å². The Balaban J connectivity index is 1.49. The molecule has 4 rings (SSSR count). The number of carbonyl (C=O) groups excluding carboxylic acids is 1. The van der Waals surface area contributed by atoms with E-state index in [0.29, 0.717) is 12.2 Å². The second kappa shape index (κ2) is 7.94. The van der Waals surface area contributed by atoms with Gasteiger partial charge in [0.1, 0.15) is 5.69 Å². The maximum atomic E-state index is 12.7. The first-order chi connectivity index (χ1) is 13.2. The van der Waals surface area contributed by atoms with Crippen LogP contribution in [0, 0.1) is 6.92 Å². The summed E-state index contributed by atoms with van der Waals surface area (Å²) in [5.74, 6) is -0.0713. The fourth-order valence-corrected chi connectivity index (χ4v) is 3.67.